The Morgan fingerprint density at radius 2 is 2.31 bits per heavy atom. The van der Waals surface area contributed by atoms with Gasteiger partial charge in [0.2, 0.25) is 0 Å². The highest BCUT2D eigenvalue weighted by Crippen LogP contribution is 2.70. The molecule has 3 heterocycles. The van der Waals surface area contributed by atoms with E-state index in [0.717, 1.165) is 23.5 Å². The SMILES string of the molecule is CN/C=C\C(=N)C1=C(CN2C3CC(O)C34C[C@@H](C)C24)NC(c2nccs2)=N[C@H]1c1ccc(F)cc1Cl. The van der Waals surface area contributed by atoms with Crippen molar-refractivity contribution in [2.75, 3.05) is 13.6 Å². The molecule has 1 saturated heterocycles. The molecule has 0 amide bonds. The van der Waals surface area contributed by atoms with Crippen molar-refractivity contribution >= 4 is 34.5 Å². The molecule has 2 aliphatic carbocycles. The summed E-state index contributed by atoms with van der Waals surface area (Å²) in [6, 6.07) is 4.40. The smallest absolute Gasteiger partial charge is 0.163 e. The Balaban J connectivity index is 1.44. The van der Waals surface area contributed by atoms with Gasteiger partial charge in [-0.05, 0) is 43.2 Å². The lowest BCUT2D eigenvalue weighted by Crippen LogP contribution is -2.89. The monoisotopic (exact) mass is 526 g/mol. The third-order valence-corrected chi connectivity index (χ3v) is 9.38. The lowest BCUT2D eigenvalue weighted by Gasteiger charge is -2.81. The Kier molecular flexibility index (Phi) is 5.79. The predicted molar refractivity (Wildman–Crippen MR) is 140 cm³/mol. The van der Waals surface area contributed by atoms with Gasteiger partial charge in [-0.3, -0.25) is 9.89 Å². The van der Waals surface area contributed by atoms with Crippen LogP contribution in [-0.2, 0) is 0 Å². The van der Waals surface area contributed by atoms with E-state index in [9.17, 15) is 9.50 Å². The van der Waals surface area contributed by atoms with Gasteiger partial charge in [0.15, 0.2) is 10.8 Å². The maximum atomic E-state index is 13.9. The molecule has 36 heavy (non-hydrogen) atoms. The first-order valence-corrected chi connectivity index (χ1v) is 13.4. The van der Waals surface area contributed by atoms with E-state index in [1.807, 2.05) is 5.38 Å². The summed E-state index contributed by atoms with van der Waals surface area (Å²) in [5, 5.41) is 28.8. The minimum atomic E-state index is -0.598. The number of amidine groups is 1. The normalized spacial score (nSPS) is 33.0. The van der Waals surface area contributed by atoms with E-state index in [0.29, 0.717) is 47.2 Å². The molecule has 1 aromatic heterocycles. The number of aromatic nitrogens is 1. The number of thiazole rings is 1. The van der Waals surface area contributed by atoms with Crippen molar-refractivity contribution in [2.45, 2.75) is 44.0 Å². The van der Waals surface area contributed by atoms with Crippen LogP contribution >= 0.6 is 22.9 Å². The van der Waals surface area contributed by atoms with Crippen LogP contribution in [0, 0.1) is 22.6 Å². The molecule has 10 heteroatoms. The van der Waals surface area contributed by atoms with E-state index in [2.05, 4.69) is 27.4 Å². The van der Waals surface area contributed by atoms with Crippen molar-refractivity contribution in [1.29, 1.82) is 5.41 Å². The van der Waals surface area contributed by atoms with Crippen LogP contribution in [0.2, 0.25) is 5.02 Å². The number of nitrogens with one attached hydrogen (secondary N) is 3. The summed E-state index contributed by atoms with van der Waals surface area (Å²) >= 11 is 8.01. The van der Waals surface area contributed by atoms with Crippen molar-refractivity contribution in [3.63, 3.8) is 0 Å². The summed E-state index contributed by atoms with van der Waals surface area (Å²) < 4.78 is 13.9. The van der Waals surface area contributed by atoms with E-state index >= 15 is 0 Å². The molecule has 4 unspecified atom stereocenters. The van der Waals surface area contributed by atoms with Crippen molar-refractivity contribution < 1.29 is 9.50 Å². The third kappa shape index (κ3) is 3.40. The Labute approximate surface area is 218 Å². The van der Waals surface area contributed by atoms with Crippen molar-refractivity contribution in [2.24, 2.45) is 16.3 Å². The van der Waals surface area contributed by atoms with Gasteiger partial charge in [-0.15, -0.1) is 11.3 Å². The lowest BCUT2D eigenvalue weighted by molar-refractivity contribution is -0.339. The molecule has 1 aromatic carbocycles. The van der Waals surface area contributed by atoms with Gasteiger partial charge in [-0.25, -0.2) is 9.37 Å². The quantitative estimate of drug-likeness (QED) is 0.411. The number of rotatable bonds is 7. The van der Waals surface area contributed by atoms with E-state index < -0.39 is 11.9 Å². The fraction of sp³-hybridized carbons (Fsp3) is 0.423. The Bertz CT molecular complexity index is 1310. The number of benzene rings is 1. The number of hydrogen-bond donors (Lipinski definition) is 4. The molecule has 4 aliphatic rings. The summed E-state index contributed by atoms with van der Waals surface area (Å²) in [5.74, 6) is 0.709. The summed E-state index contributed by atoms with van der Waals surface area (Å²) in [5.41, 5.74) is 2.53. The van der Waals surface area contributed by atoms with Gasteiger partial charge in [0.1, 0.15) is 11.9 Å². The molecule has 0 radical (unpaired) electrons. The third-order valence-electron chi connectivity index (χ3n) is 8.28. The minimum absolute atomic E-state index is 0.0419. The molecule has 188 valence electrons. The zero-order chi connectivity index (χ0) is 25.2. The second kappa shape index (κ2) is 8.76. The maximum Gasteiger partial charge on any atom is 0.163 e. The molecule has 2 aliphatic heterocycles. The van der Waals surface area contributed by atoms with Crippen molar-refractivity contribution in [1.82, 2.24) is 20.5 Å². The van der Waals surface area contributed by atoms with Crippen LogP contribution in [-0.4, -0.2) is 58.3 Å². The maximum absolute atomic E-state index is 13.9. The van der Waals surface area contributed by atoms with E-state index in [-0.39, 0.29) is 16.5 Å². The number of nitrogens with zero attached hydrogens (tertiary/aromatic N) is 3. The Morgan fingerprint density at radius 3 is 2.97 bits per heavy atom. The van der Waals surface area contributed by atoms with Crippen LogP contribution < -0.4 is 10.6 Å². The van der Waals surface area contributed by atoms with Crippen molar-refractivity contribution in [3.8, 4) is 0 Å². The number of hydrogen-bond acceptors (Lipinski definition) is 8. The molecule has 2 aromatic rings. The average Bonchev–Trinajstić information content (AvgIpc) is 3.38. The van der Waals surface area contributed by atoms with Crippen LogP contribution in [0.4, 0.5) is 4.39 Å². The first-order chi connectivity index (χ1) is 17.3. The summed E-state index contributed by atoms with van der Waals surface area (Å²) in [6.45, 7) is 2.84. The zero-order valence-electron chi connectivity index (χ0n) is 20.0. The van der Waals surface area contributed by atoms with Gasteiger partial charge in [0.25, 0.3) is 0 Å². The van der Waals surface area contributed by atoms with Crippen LogP contribution in [0.15, 0.2) is 58.3 Å². The highest BCUT2D eigenvalue weighted by atomic mass is 35.5. The number of halogens is 2. The Morgan fingerprint density at radius 1 is 1.47 bits per heavy atom. The predicted octanol–water partition coefficient (Wildman–Crippen LogP) is 3.88. The molecule has 2 saturated carbocycles. The topological polar surface area (TPSA) is 96.6 Å². The molecular formula is C26H28ClFN6OS. The summed E-state index contributed by atoms with van der Waals surface area (Å²) in [6.07, 6.45) is 6.77. The number of aliphatic hydroxyl groups is 1. The van der Waals surface area contributed by atoms with Gasteiger partial charge in [0, 0.05) is 64.5 Å². The lowest BCUT2D eigenvalue weighted by atomic mass is 9.38. The number of aliphatic imine (C=N–C) groups is 1. The summed E-state index contributed by atoms with van der Waals surface area (Å²) in [7, 11) is 1.78. The van der Waals surface area contributed by atoms with E-state index in [1.54, 1.807) is 31.6 Å². The van der Waals surface area contributed by atoms with E-state index in [1.165, 1.54) is 23.5 Å². The molecule has 1 spiro atoms. The van der Waals surface area contributed by atoms with Crippen molar-refractivity contribution in [3.05, 3.63) is 74.7 Å². The number of allylic oxidation sites excluding steroid dienone is 1. The number of aliphatic hydroxyl groups excluding tert-OH is 1. The van der Waals surface area contributed by atoms with Gasteiger partial charge in [-0.1, -0.05) is 24.6 Å². The van der Waals surface area contributed by atoms with Crippen LogP contribution in [0.5, 0.6) is 0 Å². The number of likely N-dealkylation sites (tertiary alicyclic amines) is 1. The summed E-state index contributed by atoms with van der Waals surface area (Å²) in [4.78, 5) is 11.9. The zero-order valence-corrected chi connectivity index (χ0v) is 21.6. The first-order valence-electron chi connectivity index (χ1n) is 12.1. The van der Waals surface area contributed by atoms with Crippen LogP contribution in [0.25, 0.3) is 0 Å². The highest BCUT2D eigenvalue weighted by Gasteiger charge is 2.77. The van der Waals surface area contributed by atoms with Crippen LogP contribution in [0.1, 0.15) is 36.4 Å². The molecular weight excluding hydrogens is 499 g/mol. The van der Waals surface area contributed by atoms with Gasteiger partial charge < -0.3 is 21.1 Å². The average molecular weight is 527 g/mol. The Hall–Kier alpha value is -2.59. The van der Waals surface area contributed by atoms with Crippen LogP contribution in [0.3, 0.4) is 0 Å². The minimum Gasteiger partial charge on any atom is -0.394 e. The second-order valence-corrected chi connectivity index (χ2v) is 11.4. The fourth-order valence-electron chi connectivity index (χ4n) is 6.81. The van der Waals surface area contributed by atoms with Gasteiger partial charge in [0.05, 0.1) is 11.8 Å². The van der Waals surface area contributed by atoms with E-state index in [4.69, 9.17) is 22.0 Å². The first kappa shape index (κ1) is 23.8. The molecule has 0 bridgehead atoms. The standard InChI is InChI=1S/C26H28ClFN6OS/c1-13-11-26-19(10-20(26)35)34(23(13)26)12-18-21(17(29)5-6-30-2)22(15-4-3-14(28)9-16(15)27)33-24(32-18)25-31-7-8-36-25/h3-9,13,19-20,22-23,29-30,35H,10-12H2,1-2H3,(H,32,33)/b6-5-,29-17?/t13-,19?,20?,22+,23?,26?/m1/s1. The molecule has 6 atom stereocenters. The molecule has 3 fully saturated rings. The molecule has 6 rings (SSSR count). The molecule has 4 N–H and O–H groups in total. The second-order valence-electron chi connectivity index (χ2n) is 10.1. The van der Waals surface area contributed by atoms with Gasteiger partial charge >= 0.3 is 0 Å². The van der Waals surface area contributed by atoms with Gasteiger partial charge in [-0.2, -0.15) is 0 Å². The fourth-order valence-corrected chi connectivity index (χ4v) is 7.67. The largest absolute Gasteiger partial charge is 0.394 e. The number of piperidine rings is 2. The highest BCUT2D eigenvalue weighted by molar-refractivity contribution is 7.11. The molecule has 7 nitrogen and oxygen atoms in total.